The van der Waals surface area contributed by atoms with E-state index in [4.69, 9.17) is 0 Å². The first-order valence-corrected chi connectivity index (χ1v) is 3.55. The van der Waals surface area contributed by atoms with Gasteiger partial charge in [-0.05, 0) is 0 Å². The molecule has 1 rings (SSSR count). The maximum absolute atomic E-state index is 11.9. The Morgan fingerprint density at radius 3 is 1.80 bits per heavy atom. The van der Waals surface area contributed by atoms with Gasteiger partial charge in [0.1, 0.15) is 0 Å². The van der Waals surface area contributed by atoms with Crippen molar-refractivity contribution in [2.24, 2.45) is 0 Å². The second-order valence-electron chi connectivity index (χ2n) is 2.12. The first-order chi connectivity index (χ1) is 4.64. The molecule has 0 heterocycles. The van der Waals surface area contributed by atoms with Crippen LogP contribution < -0.4 is 0 Å². The summed E-state index contributed by atoms with van der Waals surface area (Å²) in [7, 11) is 1.46. The van der Waals surface area contributed by atoms with Crippen LogP contribution >= 0.6 is 0 Å². The lowest BCUT2D eigenvalue weighted by molar-refractivity contribution is -0.155. The summed E-state index contributed by atoms with van der Waals surface area (Å²) in [4.78, 5) is 0. The van der Waals surface area contributed by atoms with E-state index in [2.05, 4.69) is 4.74 Å². The number of hydrogen-bond acceptors (Lipinski definition) is 1. The second-order valence-corrected chi connectivity index (χ2v) is 2.12. The molecule has 0 spiro atoms. The van der Waals surface area contributed by atoms with Gasteiger partial charge >= 0.3 is 0 Å². The Hall–Kier alpha value is -0.180. The van der Waals surface area contributed by atoms with Crippen molar-refractivity contribution in [3.63, 3.8) is 0 Å². The topological polar surface area (TPSA) is 9.23 Å². The summed E-state index contributed by atoms with van der Waals surface area (Å²) in [5, 5.41) is 0. The summed E-state index contributed by atoms with van der Waals surface area (Å²) in [5.74, 6) is -2.43. The van der Waals surface area contributed by atoms with Crippen LogP contribution in [0.5, 0.6) is 0 Å². The molecule has 0 amide bonds. The van der Waals surface area contributed by atoms with E-state index in [1.54, 1.807) is 0 Å². The van der Waals surface area contributed by atoms with E-state index in [0.717, 1.165) is 0 Å². The van der Waals surface area contributed by atoms with Gasteiger partial charge in [0.2, 0.25) is 0 Å². The summed E-state index contributed by atoms with van der Waals surface area (Å²) in [6.07, 6.45) is -0.377. The minimum absolute atomic E-state index is 0.0938. The highest BCUT2D eigenvalue weighted by Crippen LogP contribution is 2.38. The van der Waals surface area contributed by atoms with Crippen molar-refractivity contribution in [3.05, 3.63) is 0 Å². The Balaban J connectivity index is 0.000000371. The van der Waals surface area contributed by atoms with Crippen LogP contribution in [0.15, 0.2) is 0 Å². The van der Waals surface area contributed by atoms with Crippen molar-refractivity contribution in [2.45, 2.75) is 38.7 Å². The maximum atomic E-state index is 11.9. The summed E-state index contributed by atoms with van der Waals surface area (Å²) < 4.78 is 28.4. The Kier molecular flexibility index (Phi) is 3.79. The molecule has 0 aromatic carbocycles. The van der Waals surface area contributed by atoms with Gasteiger partial charge in [-0.25, -0.2) is 8.78 Å². The number of methoxy groups -OCH3 is 1. The largest absolute Gasteiger partial charge is 0.381 e. The average Bonchev–Trinajstić information content (AvgIpc) is 1.87. The zero-order chi connectivity index (χ0) is 8.20. The standard InChI is InChI=1S/C5H8F2O.C2H6/c1-8-4-2-5(6,7)3-4;1-2/h4H,2-3H2,1H3;1-2H3. The maximum Gasteiger partial charge on any atom is 0.253 e. The summed E-state index contributed by atoms with van der Waals surface area (Å²) >= 11 is 0. The molecule has 1 nitrogen and oxygen atoms in total. The fourth-order valence-electron chi connectivity index (χ4n) is 0.773. The summed E-state index contributed by atoms with van der Waals surface area (Å²) in [6, 6.07) is 0. The molecule has 0 N–H and O–H groups in total. The zero-order valence-electron chi connectivity index (χ0n) is 6.66. The first-order valence-electron chi connectivity index (χ1n) is 3.55. The Bertz CT molecular complexity index is 85.6. The van der Waals surface area contributed by atoms with Gasteiger partial charge in [-0.2, -0.15) is 0 Å². The monoisotopic (exact) mass is 152 g/mol. The quantitative estimate of drug-likeness (QED) is 0.560. The van der Waals surface area contributed by atoms with Crippen LogP contribution in [0.1, 0.15) is 26.7 Å². The highest BCUT2D eigenvalue weighted by atomic mass is 19.3. The third kappa shape index (κ3) is 2.60. The molecular formula is C7H14F2O. The van der Waals surface area contributed by atoms with Crippen molar-refractivity contribution >= 4 is 0 Å². The van der Waals surface area contributed by atoms with E-state index < -0.39 is 5.92 Å². The van der Waals surface area contributed by atoms with Gasteiger partial charge in [0, 0.05) is 20.0 Å². The number of rotatable bonds is 1. The first kappa shape index (κ1) is 9.82. The zero-order valence-corrected chi connectivity index (χ0v) is 6.66. The molecule has 0 aromatic rings. The predicted molar refractivity (Wildman–Crippen MR) is 36.3 cm³/mol. The number of hydrogen-bond donors (Lipinski definition) is 0. The molecule has 1 fully saturated rings. The van der Waals surface area contributed by atoms with Gasteiger partial charge in [0.15, 0.2) is 0 Å². The smallest absolute Gasteiger partial charge is 0.253 e. The van der Waals surface area contributed by atoms with Gasteiger partial charge in [-0.1, -0.05) is 13.8 Å². The van der Waals surface area contributed by atoms with E-state index in [-0.39, 0.29) is 18.9 Å². The van der Waals surface area contributed by atoms with Crippen LogP contribution in [0.4, 0.5) is 8.78 Å². The van der Waals surface area contributed by atoms with Crippen molar-refractivity contribution in [3.8, 4) is 0 Å². The molecule has 10 heavy (non-hydrogen) atoms. The second kappa shape index (κ2) is 3.86. The lowest BCUT2D eigenvalue weighted by atomic mass is 9.91. The van der Waals surface area contributed by atoms with Crippen molar-refractivity contribution < 1.29 is 13.5 Å². The van der Waals surface area contributed by atoms with Gasteiger partial charge in [0.05, 0.1) is 6.10 Å². The fourth-order valence-corrected chi connectivity index (χ4v) is 0.773. The number of ether oxygens (including phenoxy) is 1. The van der Waals surface area contributed by atoms with E-state index >= 15 is 0 Å². The van der Waals surface area contributed by atoms with Crippen LogP contribution in [-0.2, 0) is 4.74 Å². The van der Waals surface area contributed by atoms with Gasteiger partial charge < -0.3 is 4.74 Å². The Morgan fingerprint density at radius 2 is 1.70 bits per heavy atom. The van der Waals surface area contributed by atoms with Crippen LogP contribution in [0.25, 0.3) is 0 Å². The molecule has 0 saturated heterocycles. The SMILES string of the molecule is CC.COC1CC(F)(F)C1. The van der Waals surface area contributed by atoms with E-state index in [9.17, 15) is 8.78 Å². The van der Waals surface area contributed by atoms with Crippen LogP contribution in [0.2, 0.25) is 0 Å². The molecule has 0 aromatic heterocycles. The molecule has 62 valence electrons. The fraction of sp³-hybridized carbons (Fsp3) is 1.00. The minimum Gasteiger partial charge on any atom is -0.381 e. The molecule has 0 radical (unpaired) electrons. The molecule has 0 unspecified atom stereocenters. The average molecular weight is 152 g/mol. The van der Waals surface area contributed by atoms with Crippen LogP contribution in [0, 0.1) is 0 Å². The molecule has 1 saturated carbocycles. The minimum atomic E-state index is -2.43. The third-order valence-corrected chi connectivity index (χ3v) is 1.39. The Morgan fingerprint density at radius 1 is 1.30 bits per heavy atom. The van der Waals surface area contributed by atoms with E-state index in [1.807, 2.05) is 13.8 Å². The molecule has 0 bridgehead atoms. The van der Waals surface area contributed by atoms with Crippen molar-refractivity contribution in [1.82, 2.24) is 0 Å². The number of halogens is 2. The lowest BCUT2D eigenvalue weighted by Crippen LogP contribution is -2.40. The van der Waals surface area contributed by atoms with Crippen molar-refractivity contribution in [1.29, 1.82) is 0 Å². The molecule has 1 aliphatic rings. The molecule has 0 aliphatic heterocycles. The van der Waals surface area contributed by atoms with Gasteiger partial charge in [-0.3, -0.25) is 0 Å². The predicted octanol–water partition coefficient (Wildman–Crippen LogP) is 2.46. The summed E-state index contributed by atoms with van der Waals surface area (Å²) in [6.45, 7) is 4.00. The van der Waals surface area contributed by atoms with E-state index in [0.29, 0.717) is 0 Å². The number of alkyl halides is 2. The molecular weight excluding hydrogens is 138 g/mol. The normalized spacial score (nSPS) is 22.5. The highest BCUT2D eigenvalue weighted by molar-refractivity contribution is 4.86. The molecule has 1 aliphatic carbocycles. The van der Waals surface area contributed by atoms with Crippen LogP contribution in [0.3, 0.4) is 0 Å². The molecule has 3 heteroatoms. The Labute approximate surface area is 60.4 Å². The third-order valence-electron chi connectivity index (χ3n) is 1.39. The van der Waals surface area contributed by atoms with Crippen molar-refractivity contribution in [2.75, 3.05) is 7.11 Å². The van der Waals surface area contributed by atoms with E-state index in [1.165, 1.54) is 7.11 Å². The van der Waals surface area contributed by atoms with Crippen LogP contribution in [-0.4, -0.2) is 19.1 Å². The van der Waals surface area contributed by atoms with Gasteiger partial charge in [-0.15, -0.1) is 0 Å². The highest BCUT2D eigenvalue weighted by Gasteiger charge is 2.45. The lowest BCUT2D eigenvalue weighted by Gasteiger charge is -2.33. The molecule has 0 atom stereocenters. The summed E-state index contributed by atoms with van der Waals surface area (Å²) in [5.41, 5.74) is 0. The van der Waals surface area contributed by atoms with Gasteiger partial charge in [0.25, 0.3) is 5.92 Å².